The third kappa shape index (κ3) is 3.94. The molecule has 1 aliphatic heterocycles. The third-order valence-corrected chi connectivity index (χ3v) is 4.21. The highest BCUT2D eigenvalue weighted by Crippen LogP contribution is 2.18. The Hall–Kier alpha value is -1.62. The van der Waals surface area contributed by atoms with Gasteiger partial charge in [-0.05, 0) is 51.5 Å². The smallest absolute Gasteiger partial charge is 0.254 e. The molecule has 0 aromatic carbocycles. The highest BCUT2D eigenvalue weighted by molar-refractivity contribution is 5.95. The van der Waals surface area contributed by atoms with Crippen LogP contribution < -0.4 is 5.73 Å². The number of pyridine rings is 1. The average Bonchev–Trinajstić information content (AvgIpc) is 2.46. The minimum Gasteiger partial charge on any atom is -0.384 e. The molecule has 1 aromatic heterocycles. The second kappa shape index (κ2) is 6.89. The fourth-order valence-corrected chi connectivity index (χ4v) is 2.87. The summed E-state index contributed by atoms with van der Waals surface area (Å²) in [5.41, 5.74) is 7.40. The van der Waals surface area contributed by atoms with E-state index in [-0.39, 0.29) is 5.91 Å². The largest absolute Gasteiger partial charge is 0.384 e. The quantitative estimate of drug-likeness (QED) is 0.918. The zero-order valence-corrected chi connectivity index (χ0v) is 13.3. The number of amides is 1. The van der Waals surface area contributed by atoms with Crippen molar-refractivity contribution in [1.82, 2.24) is 14.8 Å². The maximum Gasteiger partial charge on any atom is 0.254 e. The first-order valence-corrected chi connectivity index (χ1v) is 7.73. The lowest BCUT2D eigenvalue weighted by atomic mass is 10.0. The molecule has 0 saturated carbocycles. The molecule has 1 aliphatic rings. The van der Waals surface area contributed by atoms with Gasteiger partial charge in [0, 0.05) is 24.3 Å². The molecule has 5 nitrogen and oxygen atoms in total. The standard InChI is InChI=1S/C16H26N4O/c1-4-5-13-10-12(11-15(17)18-13)16(21)20(3)14-6-8-19(2)9-7-14/h10-11,14H,4-9H2,1-3H3,(H2,17,18). The fourth-order valence-electron chi connectivity index (χ4n) is 2.87. The maximum atomic E-state index is 12.7. The van der Waals surface area contributed by atoms with E-state index < -0.39 is 0 Å². The Labute approximate surface area is 127 Å². The van der Waals surface area contributed by atoms with E-state index in [1.54, 1.807) is 6.07 Å². The van der Waals surface area contributed by atoms with E-state index in [1.165, 1.54) is 0 Å². The van der Waals surface area contributed by atoms with Crippen LogP contribution in [0.25, 0.3) is 0 Å². The van der Waals surface area contributed by atoms with E-state index in [1.807, 2.05) is 18.0 Å². The minimum absolute atomic E-state index is 0.0519. The van der Waals surface area contributed by atoms with Gasteiger partial charge in [0.15, 0.2) is 0 Å². The molecule has 1 aromatic rings. The molecule has 2 N–H and O–H groups in total. The molecule has 2 rings (SSSR count). The molecule has 1 fully saturated rings. The van der Waals surface area contributed by atoms with E-state index in [9.17, 15) is 4.79 Å². The van der Waals surface area contributed by atoms with Crippen molar-refractivity contribution >= 4 is 11.7 Å². The molecule has 2 heterocycles. The second-order valence-electron chi connectivity index (χ2n) is 5.97. The molecular formula is C16H26N4O. The van der Waals surface area contributed by atoms with Crippen LogP contribution in [0, 0.1) is 0 Å². The number of piperidine rings is 1. The zero-order chi connectivity index (χ0) is 15.4. The van der Waals surface area contributed by atoms with Crippen LogP contribution >= 0.6 is 0 Å². The number of carbonyl (C=O) groups is 1. The Kier molecular flexibility index (Phi) is 5.17. The molecule has 0 spiro atoms. The summed E-state index contributed by atoms with van der Waals surface area (Å²) < 4.78 is 0. The number of aromatic nitrogens is 1. The van der Waals surface area contributed by atoms with Gasteiger partial charge in [0.1, 0.15) is 5.82 Å². The van der Waals surface area contributed by atoms with Gasteiger partial charge in [-0.3, -0.25) is 4.79 Å². The molecule has 21 heavy (non-hydrogen) atoms. The van der Waals surface area contributed by atoms with Crippen LogP contribution in [-0.4, -0.2) is 53.9 Å². The lowest BCUT2D eigenvalue weighted by Crippen LogP contribution is -2.44. The molecule has 1 saturated heterocycles. The normalized spacial score (nSPS) is 16.9. The van der Waals surface area contributed by atoms with Crippen LogP contribution in [-0.2, 0) is 6.42 Å². The highest BCUT2D eigenvalue weighted by Gasteiger charge is 2.25. The second-order valence-corrected chi connectivity index (χ2v) is 5.97. The van der Waals surface area contributed by atoms with Gasteiger partial charge < -0.3 is 15.5 Å². The Bertz CT molecular complexity index is 495. The molecule has 0 aliphatic carbocycles. The van der Waals surface area contributed by atoms with Gasteiger partial charge >= 0.3 is 0 Å². The first-order valence-electron chi connectivity index (χ1n) is 7.73. The fraction of sp³-hybridized carbons (Fsp3) is 0.625. The average molecular weight is 290 g/mol. The number of hydrogen-bond donors (Lipinski definition) is 1. The number of carbonyl (C=O) groups excluding carboxylic acids is 1. The molecule has 0 radical (unpaired) electrons. The van der Waals surface area contributed by atoms with Crippen molar-refractivity contribution in [2.24, 2.45) is 0 Å². The topological polar surface area (TPSA) is 62.5 Å². The van der Waals surface area contributed by atoms with Crippen molar-refractivity contribution < 1.29 is 4.79 Å². The first-order chi connectivity index (χ1) is 10.0. The van der Waals surface area contributed by atoms with Crippen molar-refractivity contribution in [3.63, 3.8) is 0 Å². The lowest BCUT2D eigenvalue weighted by molar-refractivity contribution is 0.0659. The van der Waals surface area contributed by atoms with E-state index in [0.29, 0.717) is 17.4 Å². The van der Waals surface area contributed by atoms with Crippen LogP contribution in [0.1, 0.15) is 42.2 Å². The van der Waals surface area contributed by atoms with Crippen molar-refractivity contribution in [2.75, 3.05) is 32.9 Å². The third-order valence-electron chi connectivity index (χ3n) is 4.21. The van der Waals surface area contributed by atoms with E-state index in [4.69, 9.17) is 5.73 Å². The number of hydrogen-bond acceptors (Lipinski definition) is 4. The summed E-state index contributed by atoms with van der Waals surface area (Å²) in [6.07, 6.45) is 3.90. The van der Waals surface area contributed by atoms with Crippen molar-refractivity contribution in [3.8, 4) is 0 Å². The van der Waals surface area contributed by atoms with Gasteiger partial charge in [0.2, 0.25) is 0 Å². The molecule has 1 amide bonds. The number of likely N-dealkylation sites (tertiary alicyclic amines) is 1. The van der Waals surface area contributed by atoms with Gasteiger partial charge in [-0.15, -0.1) is 0 Å². The zero-order valence-electron chi connectivity index (χ0n) is 13.3. The van der Waals surface area contributed by atoms with Crippen molar-refractivity contribution in [1.29, 1.82) is 0 Å². The minimum atomic E-state index is 0.0519. The summed E-state index contributed by atoms with van der Waals surface area (Å²) in [5, 5.41) is 0. The van der Waals surface area contributed by atoms with Gasteiger partial charge in [0.25, 0.3) is 5.91 Å². The van der Waals surface area contributed by atoms with Crippen molar-refractivity contribution in [2.45, 2.75) is 38.6 Å². The van der Waals surface area contributed by atoms with Crippen LogP contribution in [0.3, 0.4) is 0 Å². The van der Waals surface area contributed by atoms with E-state index >= 15 is 0 Å². The van der Waals surface area contributed by atoms with Crippen LogP contribution in [0.4, 0.5) is 5.82 Å². The van der Waals surface area contributed by atoms with Gasteiger partial charge in [-0.2, -0.15) is 0 Å². The van der Waals surface area contributed by atoms with Gasteiger partial charge in [0.05, 0.1) is 0 Å². The number of rotatable bonds is 4. The summed E-state index contributed by atoms with van der Waals surface area (Å²) in [5.74, 6) is 0.483. The predicted molar refractivity (Wildman–Crippen MR) is 85.3 cm³/mol. The first kappa shape index (κ1) is 15.8. The van der Waals surface area contributed by atoms with Crippen LogP contribution in [0.5, 0.6) is 0 Å². The summed E-state index contributed by atoms with van der Waals surface area (Å²) in [6.45, 7) is 4.18. The maximum absolute atomic E-state index is 12.7. The number of nitrogens with two attached hydrogens (primary N) is 1. The molecule has 116 valence electrons. The van der Waals surface area contributed by atoms with Crippen LogP contribution in [0.15, 0.2) is 12.1 Å². The monoisotopic (exact) mass is 290 g/mol. The molecule has 0 atom stereocenters. The number of nitrogen functional groups attached to an aromatic ring is 1. The predicted octanol–water partition coefficient (Wildman–Crippen LogP) is 1.78. The number of anilines is 1. The van der Waals surface area contributed by atoms with Crippen LogP contribution in [0.2, 0.25) is 0 Å². The molecule has 0 unspecified atom stereocenters. The summed E-state index contributed by atoms with van der Waals surface area (Å²) >= 11 is 0. The molecular weight excluding hydrogens is 264 g/mol. The SMILES string of the molecule is CCCc1cc(C(=O)N(C)C2CCN(C)CC2)cc(N)n1. The Morgan fingerprint density at radius 1 is 1.43 bits per heavy atom. The number of aryl methyl sites for hydroxylation is 1. The Morgan fingerprint density at radius 3 is 2.71 bits per heavy atom. The highest BCUT2D eigenvalue weighted by atomic mass is 16.2. The van der Waals surface area contributed by atoms with Gasteiger partial charge in [-0.1, -0.05) is 13.3 Å². The molecule has 5 heteroatoms. The summed E-state index contributed by atoms with van der Waals surface area (Å²) in [7, 11) is 4.02. The van der Waals surface area contributed by atoms with E-state index in [0.717, 1.165) is 44.5 Å². The lowest BCUT2D eigenvalue weighted by Gasteiger charge is -2.35. The Balaban J connectivity index is 2.11. The van der Waals surface area contributed by atoms with E-state index in [2.05, 4.69) is 23.9 Å². The summed E-state index contributed by atoms with van der Waals surface area (Å²) in [6, 6.07) is 3.89. The molecule has 0 bridgehead atoms. The summed E-state index contributed by atoms with van der Waals surface area (Å²) in [4.78, 5) is 21.1. The Morgan fingerprint density at radius 2 is 2.10 bits per heavy atom. The van der Waals surface area contributed by atoms with Gasteiger partial charge in [-0.25, -0.2) is 4.98 Å². The number of nitrogens with zero attached hydrogens (tertiary/aromatic N) is 3. The van der Waals surface area contributed by atoms with Crippen molar-refractivity contribution in [3.05, 3.63) is 23.4 Å².